The van der Waals surface area contributed by atoms with Crippen LogP contribution in [0, 0.1) is 0 Å². The number of hydrogen-bond donors (Lipinski definition) is 1. The largest absolute Gasteiger partial charge is 0.443 e. The van der Waals surface area contributed by atoms with Crippen molar-refractivity contribution in [1.82, 2.24) is 19.8 Å². The Morgan fingerprint density at radius 2 is 1.91 bits per heavy atom. The number of fused-ring (bicyclic) bond motifs is 1. The second-order valence-electron chi connectivity index (χ2n) is 8.06. The number of nitrogens with one attached hydrogen (secondary N) is 1. The minimum atomic E-state index is -0.470. The van der Waals surface area contributed by atoms with Crippen LogP contribution in [0.25, 0.3) is 16.9 Å². The van der Waals surface area contributed by atoms with Crippen molar-refractivity contribution in [1.29, 1.82) is 0 Å². The smallest absolute Gasteiger partial charge is 0.257 e. The summed E-state index contributed by atoms with van der Waals surface area (Å²) in [6, 6.07) is 14.3. The van der Waals surface area contributed by atoms with Gasteiger partial charge in [0, 0.05) is 37.1 Å². The SMILES string of the molecule is O=C(NCc1ccc(Cl)cc1)c1cn(-c2ccccn2)c2oc(CN3CCOCC3)cc2c1=O. The molecular weight excluding hydrogens is 456 g/mol. The molecule has 1 aromatic carbocycles. The van der Waals surface area contributed by atoms with E-state index in [0.717, 1.165) is 18.7 Å². The van der Waals surface area contributed by atoms with Gasteiger partial charge in [-0.3, -0.25) is 19.1 Å². The van der Waals surface area contributed by atoms with Gasteiger partial charge in [-0.25, -0.2) is 4.98 Å². The summed E-state index contributed by atoms with van der Waals surface area (Å²) in [4.78, 5) is 32.9. The summed E-state index contributed by atoms with van der Waals surface area (Å²) < 4.78 is 13.2. The average Bonchev–Trinajstić information content (AvgIpc) is 3.29. The van der Waals surface area contributed by atoms with Crippen molar-refractivity contribution in [2.45, 2.75) is 13.1 Å². The van der Waals surface area contributed by atoms with E-state index in [9.17, 15) is 9.59 Å². The van der Waals surface area contributed by atoms with Crippen molar-refractivity contribution >= 4 is 28.6 Å². The molecule has 0 radical (unpaired) electrons. The average molecular weight is 479 g/mol. The number of furan rings is 1. The monoisotopic (exact) mass is 478 g/mol. The maximum atomic E-state index is 13.3. The van der Waals surface area contributed by atoms with Crippen molar-refractivity contribution in [3.63, 3.8) is 0 Å². The molecule has 1 saturated heterocycles. The Morgan fingerprint density at radius 3 is 2.65 bits per heavy atom. The number of ether oxygens (including phenoxy) is 1. The standard InChI is InChI=1S/C25H23ClN4O4/c26-18-6-4-17(5-7-18)14-28-24(32)21-16-30(22-3-1-2-8-27-22)25-20(23(21)31)13-19(34-25)15-29-9-11-33-12-10-29/h1-8,13,16H,9-12,14-15H2,(H,28,32). The second-order valence-corrected chi connectivity index (χ2v) is 8.50. The lowest BCUT2D eigenvalue weighted by Crippen LogP contribution is -2.35. The van der Waals surface area contributed by atoms with Crippen LogP contribution in [0.2, 0.25) is 5.02 Å². The predicted octanol–water partition coefficient (Wildman–Crippen LogP) is 3.39. The highest BCUT2D eigenvalue weighted by Crippen LogP contribution is 2.22. The highest BCUT2D eigenvalue weighted by molar-refractivity contribution is 6.30. The zero-order chi connectivity index (χ0) is 23.5. The predicted molar refractivity (Wildman–Crippen MR) is 128 cm³/mol. The molecule has 1 N–H and O–H groups in total. The first-order valence-electron chi connectivity index (χ1n) is 11.0. The van der Waals surface area contributed by atoms with E-state index in [1.54, 1.807) is 41.1 Å². The van der Waals surface area contributed by atoms with E-state index in [-0.39, 0.29) is 17.5 Å². The summed E-state index contributed by atoms with van der Waals surface area (Å²) in [5, 5.41) is 3.78. The molecule has 0 aliphatic carbocycles. The number of carbonyl (C=O) groups is 1. The molecule has 1 aliphatic heterocycles. The zero-order valence-corrected chi connectivity index (χ0v) is 19.1. The molecule has 4 heterocycles. The van der Waals surface area contributed by atoms with Crippen molar-refractivity contribution in [3.05, 3.63) is 93.1 Å². The van der Waals surface area contributed by atoms with Crippen LogP contribution in [0.1, 0.15) is 21.7 Å². The lowest BCUT2D eigenvalue weighted by molar-refractivity contribution is 0.0315. The zero-order valence-electron chi connectivity index (χ0n) is 18.4. The Labute approximate surface area is 200 Å². The molecule has 8 nitrogen and oxygen atoms in total. The molecular formula is C25H23ClN4O4. The molecule has 1 aliphatic rings. The van der Waals surface area contributed by atoms with E-state index < -0.39 is 5.91 Å². The van der Waals surface area contributed by atoms with E-state index in [0.29, 0.717) is 47.5 Å². The van der Waals surface area contributed by atoms with Crippen LogP contribution >= 0.6 is 11.6 Å². The summed E-state index contributed by atoms with van der Waals surface area (Å²) >= 11 is 5.93. The first-order valence-corrected chi connectivity index (χ1v) is 11.4. The third kappa shape index (κ3) is 4.75. The maximum absolute atomic E-state index is 13.3. The molecule has 1 fully saturated rings. The molecule has 1 amide bonds. The van der Waals surface area contributed by atoms with Gasteiger partial charge in [-0.05, 0) is 35.9 Å². The number of morpholine rings is 1. The first kappa shape index (κ1) is 22.3. The molecule has 174 valence electrons. The molecule has 0 bridgehead atoms. The van der Waals surface area contributed by atoms with Gasteiger partial charge in [-0.1, -0.05) is 29.8 Å². The van der Waals surface area contributed by atoms with Gasteiger partial charge >= 0.3 is 0 Å². The number of halogens is 1. The minimum absolute atomic E-state index is 0.0193. The van der Waals surface area contributed by atoms with E-state index in [2.05, 4.69) is 15.2 Å². The van der Waals surface area contributed by atoms with Crippen LogP contribution in [0.4, 0.5) is 0 Å². The van der Waals surface area contributed by atoms with Gasteiger partial charge in [0.2, 0.25) is 11.1 Å². The van der Waals surface area contributed by atoms with Crippen LogP contribution in [0.3, 0.4) is 0 Å². The summed E-state index contributed by atoms with van der Waals surface area (Å²) in [6.07, 6.45) is 3.14. The number of amides is 1. The molecule has 0 unspecified atom stereocenters. The van der Waals surface area contributed by atoms with Gasteiger partial charge in [0.15, 0.2) is 0 Å². The normalized spacial score (nSPS) is 14.4. The van der Waals surface area contributed by atoms with E-state index in [1.165, 1.54) is 6.20 Å². The van der Waals surface area contributed by atoms with Crippen LogP contribution in [-0.2, 0) is 17.8 Å². The Morgan fingerprint density at radius 1 is 1.12 bits per heavy atom. The third-order valence-corrected chi connectivity index (χ3v) is 5.97. The van der Waals surface area contributed by atoms with Crippen molar-refractivity contribution < 1.29 is 13.9 Å². The van der Waals surface area contributed by atoms with E-state index >= 15 is 0 Å². The molecule has 3 aromatic heterocycles. The highest BCUT2D eigenvalue weighted by Gasteiger charge is 2.21. The van der Waals surface area contributed by atoms with Crippen molar-refractivity contribution in [2.75, 3.05) is 26.3 Å². The number of aromatic nitrogens is 2. The topological polar surface area (TPSA) is 89.6 Å². The van der Waals surface area contributed by atoms with Crippen molar-refractivity contribution in [3.8, 4) is 5.82 Å². The lowest BCUT2D eigenvalue weighted by atomic mass is 10.1. The summed E-state index contributed by atoms with van der Waals surface area (Å²) in [5.74, 6) is 0.728. The lowest BCUT2D eigenvalue weighted by Gasteiger charge is -2.25. The van der Waals surface area contributed by atoms with Gasteiger partial charge in [0.1, 0.15) is 17.1 Å². The van der Waals surface area contributed by atoms with Gasteiger partial charge in [-0.15, -0.1) is 0 Å². The fourth-order valence-electron chi connectivity index (χ4n) is 3.93. The van der Waals surface area contributed by atoms with E-state index in [4.69, 9.17) is 20.8 Å². The number of pyridine rings is 2. The molecule has 34 heavy (non-hydrogen) atoms. The summed E-state index contributed by atoms with van der Waals surface area (Å²) in [7, 11) is 0. The van der Waals surface area contributed by atoms with Crippen LogP contribution in [-0.4, -0.2) is 46.7 Å². The van der Waals surface area contributed by atoms with Gasteiger partial charge < -0.3 is 14.5 Å². The Balaban J connectivity index is 1.51. The molecule has 0 spiro atoms. The minimum Gasteiger partial charge on any atom is -0.443 e. The Bertz CT molecular complexity index is 1360. The van der Waals surface area contributed by atoms with E-state index in [1.807, 2.05) is 18.2 Å². The molecule has 9 heteroatoms. The van der Waals surface area contributed by atoms with Gasteiger partial charge in [-0.2, -0.15) is 0 Å². The molecule has 5 rings (SSSR count). The van der Waals surface area contributed by atoms with Gasteiger partial charge in [0.05, 0.1) is 25.1 Å². The van der Waals surface area contributed by atoms with Crippen LogP contribution < -0.4 is 10.7 Å². The van der Waals surface area contributed by atoms with Crippen LogP contribution in [0.15, 0.2) is 70.1 Å². The molecule has 4 aromatic rings. The molecule has 0 saturated carbocycles. The number of rotatable bonds is 6. The van der Waals surface area contributed by atoms with Crippen LogP contribution in [0.5, 0.6) is 0 Å². The Kier molecular flexibility index (Phi) is 6.44. The Hall–Kier alpha value is -3.46. The number of carbonyl (C=O) groups excluding carboxylic acids is 1. The molecule has 0 atom stereocenters. The third-order valence-electron chi connectivity index (χ3n) is 5.72. The summed E-state index contributed by atoms with van der Waals surface area (Å²) in [6.45, 7) is 3.74. The number of benzene rings is 1. The van der Waals surface area contributed by atoms with Gasteiger partial charge in [0.25, 0.3) is 5.91 Å². The fraction of sp³-hybridized carbons (Fsp3) is 0.240. The summed E-state index contributed by atoms with van der Waals surface area (Å²) in [5.41, 5.74) is 0.875. The first-order chi connectivity index (χ1) is 16.6. The van der Waals surface area contributed by atoms with Crippen molar-refractivity contribution in [2.24, 2.45) is 0 Å². The second kappa shape index (κ2) is 9.80. The number of hydrogen-bond acceptors (Lipinski definition) is 6. The quantitative estimate of drug-likeness (QED) is 0.457. The fourth-order valence-corrected chi connectivity index (χ4v) is 4.06. The number of nitrogens with zero attached hydrogens (tertiary/aromatic N) is 3. The highest BCUT2D eigenvalue weighted by atomic mass is 35.5. The maximum Gasteiger partial charge on any atom is 0.257 e.